The molecule has 1 atom stereocenters. The minimum absolute atomic E-state index is 0.0482. The Balaban J connectivity index is 1.99. The second-order valence-electron chi connectivity index (χ2n) is 4.76. The lowest BCUT2D eigenvalue weighted by molar-refractivity contribution is -0.135. The first-order valence-corrected chi connectivity index (χ1v) is 6.47. The fourth-order valence-corrected chi connectivity index (χ4v) is 2.14. The number of anilines is 1. The van der Waals surface area contributed by atoms with Crippen LogP contribution in [0.3, 0.4) is 0 Å². The highest BCUT2D eigenvalue weighted by Crippen LogP contribution is 2.17. The first-order chi connectivity index (χ1) is 9.08. The smallest absolute Gasteiger partial charge is 0.244 e. The van der Waals surface area contributed by atoms with Crippen LogP contribution in [0.1, 0.15) is 12.5 Å². The third kappa shape index (κ3) is 3.44. The van der Waals surface area contributed by atoms with Crippen LogP contribution in [0.15, 0.2) is 18.2 Å². The van der Waals surface area contributed by atoms with Crippen molar-refractivity contribution in [3.63, 3.8) is 0 Å². The molecule has 0 bridgehead atoms. The largest absolute Gasteiger partial charge is 0.378 e. The molecular weight excluding hydrogens is 247 g/mol. The molecule has 0 spiro atoms. The molecule has 2 rings (SSSR count). The maximum Gasteiger partial charge on any atom is 0.244 e. The summed E-state index contributed by atoms with van der Waals surface area (Å²) in [6.07, 6.45) is 0. The quantitative estimate of drug-likeness (QED) is 0.907. The van der Waals surface area contributed by atoms with Crippen molar-refractivity contribution in [2.24, 2.45) is 0 Å². The first kappa shape index (κ1) is 13.8. The lowest BCUT2D eigenvalue weighted by atomic mass is 10.1. The van der Waals surface area contributed by atoms with Gasteiger partial charge in [0.15, 0.2) is 0 Å². The Morgan fingerprint density at radius 2 is 2.11 bits per heavy atom. The van der Waals surface area contributed by atoms with Crippen LogP contribution in [0.4, 0.5) is 10.1 Å². The molecule has 0 saturated carbocycles. The predicted molar refractivity (Wildman–Crippen MR) is 71.6 cm³/mol. The Morgan fingerprint density at radius 1 is 1.42 bits per heavy atom. The molecule has 1 aromatic rings. The predicted octanol–water partition coefficient (Wildman–Crippen LogP) is 1.79. The number of nitrogens with zero attached hydrogens (tertiary/aromatic N) is 1. The van der Waals surface area contributed by atoms with Crippen molar-refractivity contribution in [1.29, 1.82) is 0 Å². The number of aryl methyl sites for hydroxylation is 1. The summed E-state index contributed by atoms with van der Waals surface area (Å²) in [6.45, 7) is 6.08. The summed E-state index contributed by atoms with van der Waals surface area (Å²) in [6, 6.07) is 4.17. The van der Waals surface area contributed by atoms with Gasteiger partial charge in [-0.3, -0.25) is 4.79 Å². The molecule has 104 valence electrons. The molecular formula is C14H19FN2O2. The molecule has 1 aliphatic rings. The summed E-state index contributed by atoms with van der Waals surface area (Å²) < 4.78 is 18.2. The number of ether oxygens (including phenoxy) is 1. The molecule has 1 amide bonds. The zero-order chi connectivity index (χ0) is 13.8. The summed E-state index contributed by atoms with van der Waals surface area (Å²) in [5.41, 5.74) is 1.58. The molecule has 1 aromatic carbocycles. The van der Waals surface area contributed by atoms with Crippen LogP contribution in [0.25, 0.3) is 0 Å². The van der Waals surface area contributed by atoms with E-state index < -0.39 is 0 Å². The van der Waals surface area contributed by atoms with Gasteiger partial charge in [0, 0.05) is 18.8 Å². The van der Waals surface area contributed by atoms with E-state index in [2.05, 4.69) is 5.32 Å². The molecule has 1 saturated heterocycles. The molecule has 1 N–H and O–H groups in total. The van der Waals surface area contributed by atoms with Gasteiger partial charge in [0.1, 0.15) is 11.9 Å². The molecule has 19 heavy (non-hydrogen) atoms. The van der Waals surface area contributed by atoms with Gasteiger partial charge >= 0.3 is 0 Å². The van der Waals surface area contributed by atoms with Gasteiger partial charge in [0.25, 0.3) is 0 Å². The Morgan fingerprint density at radius 3 is 2.74 bits per heavy atom. The highest BCUT2D eigenvalue weighted by Gasteiger charge is 2.22. The Bertz CT molecular complexity index is 459. The fourth-order valence-electron chi connectivity index (χ4n) is 2.14. The van der Waals surface area contributed by atoms with Gasteiger partial charge in [-0.1, -0.05) is 0 Å². The normalized spacial score (nSPS) is 17.1. The standard InChI is InChI=1S/C14H19FN2O2/c1-10-9-12(15)3-4-13(10)16-11(2)14(18)17-5-7-19-8-6-17/h3-4,9,11,16H,5-8H2,1-2H3. The number of halogens is 1. The Labute approximate surface area is 112 Å². The van der Waals surface area contributed by atoms with E-state index in [1.807, 2.05) is 13.8 Å². The molecule has 1 heterocycles. The first-order valence-electron chi connectivity index (χ1n) is 6.47. The molecule has 0 radical (unpaired) electrons. The van der Waals surface area contributed by atoms with E-state index in [-0.39, 0.29) is 17.8 Å². The number of hydrogen-bond acceptors (Lipinski definition) is 3. The summed E-state index contributed by atoms with van der Waals surface area (Å²) >= 11 is 0. The van der Waals surface area contributed by atoms with Crippen LogP contribution in [-0.4, -0.2) is 43.2 Å². The maximum absolute atomic E-state index is 13.0. The van der Waals surface area contributed by atoms with Crippen molar-refractivity contribution in [2.45, 2.75) is 19.9 Å². The minimum Gasteiger partial charge on any atom is -0.378 e. The van der Waals surface area contributed by atoms with Gasteiger partial charge < -0.3 is 15.0 Å². The number of carbonyl (C=O) groups excluding carboxylic acids is 1. The van der Waals surface area contributed by atoms with E-state index in [4.69, 9.17) is 4.74 Å². The summed E-state index contributed by atoms with van der Waals surface area (Å²) in [5, 5.41) is 3.14. The van der Waals surface area contributed by atoms with Crippen molar-refractivity contribution in [1.82, 2.24) is 4.90 Å². The lowest BCUT2D eigenvalue weighted by Crippen LogP contribution is -2.47. The maximum atomic E-state index is 13.0. The number of nitrogens with one attached hydrogen (secondary N) is 1. The topological polar surface area (TPSA) is 41.6 Å². The van der Waals surface area contributed by atoms with Gasteiger partial charge in [-0.2, -0.15) is 0 Å². The van der Waals surface area contributed by atoms with E-state index >= 15 is 0 Å². The van der Waals surface area contributed by atoms with E-state index in [0.29, 0.717) is 26.3 Å². The zero-order valence-corrected chi connectivity index (χ0v) is 11.3. The van der Waals surface area contributed by atoms with Crippen LogP contribution >= 0.6 is 0 Å². The molecule has 5 heteroatoms. The monoisotopic (exact) mass is 266 g/mol. The third-order valence-corrected chi connectivity index (χ3v) is 3.25. The Kier molecular flexibility index (Phi) is 4.37. The van der Waals surface area contributed by atoms with E-state index in [1.54, 1.807) is 11.0 Å². The van der Waals surface area contributed by atoms with Gasteiger partial charge in [0.05, 0.1) is 13.2 Å². The highest BCUT2D eigenvalue weighted by atomic mass is 19.1. The Hall–Kier alpha value is -1.62. The molecule has 0 aromatic heterocycles. The van der Waals surface area contributed by atoms with E-state index in [0.717, 1.165) is 11.3 Å². The van der Waals surface area contributed by atoms with Gasteiger partial charge in [-0.25, -0.2) is 4.39 Å². The second kappa shape index (κ2) is 6.02. The van der Waals surface area contributed by atoms with Crippen molar-refractivity contribution < 1.29 is 13.9 Å². The summed E-state index contributed by atoms with van der Waals surface area (Å²) in [4.78, 5) is 14.0. The van der Waals surface area contributed by atoms with E-state index in [9.17, 15) is 9.18 Å². The van der Waals surface area contributed by atoms with Crippen LogP contribution in [0.5, 0.6) is 0 Å². The number of amides is 1. The van der Waals surface area contributed by atoms with Gasteiger partial charge in [-0.15, -0.1) is 0 Å². The average Bonchev–Trinajstić information content (AvgIpc) is 2.42. The zero-order valence-electron chi connectivity index (χ0n) is 11.3. The van der Waals surface area contributed by atoms with Crippen LogP contribution in [-0.2, 0) is 9.53 Å². The van der Waals surface area contributed by atoms with E-state index in [1.165, 1.54) is 12.1 Å². The van der Waals surface area contributed by atoms with Crippen molar-refractivity contribution in [3.05, 3.63) is 29.6 Å². The third-order valence-electron chi connectivity index (χ3n) is 3.25. The minimum atomic E-state index is -0.331. The number of morpholine rings is 1. The van der Waals surface area contributed by atoms with Gasteiger partial charge in [0.2, 0.25) is 5.91 Å². The van der Waals surface area contributed by atoms with Crippen molar-refractivity contribution in [2.75, 3.05) is 31.6 Å². The number of rotatable bonds is 3. The summed E-state index contributed by atoms with van der Waals surface area (Å²) in [7, 11) is 0. The fraction of sp³-hybridized carbons (Fsp3) is 0.500. The van der Waals surface area contributed by atoms with Crippen LogP contribution < -0.4 is 5.32 Å². The lowest BCUT2D eigenvalue weighted by Gasteiger charge is -2.30. The number of benzene rings is 1. The van der Waals surface area contributed by atoms with Gasteiger partial charge in [-0.05, 0) is 37.6 Å². The van der Waals surface area contributed by atoms with Crippen LogP contribution in [0.2, 0.25) is 0 Å². The molecule has 4 nitrogen and oxygen atoms in total. The van der Waals surface area contributed by atoms with Crippen LogP contribution in [0, 0.1) is 12.7 Å². The highest BCUT2D eigenvalue weighted by molar-refractivity contribution is 5.84. The molecule has 1 fully saturated rings. The SMILES string of the molecule is Cc1cc(F)ccc1NC(C)C(=O)N1CCOCC1. The number of carbonyl (C=O) groups is 1. The molecule has 1 unspecified atom stereocenters. The van der Waals surface area contributed by atoms with Crippen molar-refractivity contribution >= 4 is 11.6 Å². The van der Waals surface area contributed by atoms with Crippen molar-refractivity contribution in [3.8, 4) is 0 Å². The molecule has 0 aliphatic carbocycles. The second-order valence-corrected chi connectivity index (χ2v) is 4.76. The average molecular weight is 266 g/mol. The molecule has 1 aliphatic heterocycles. The number of hydrogen-bond donors (Lipinski definition) is 1. The summed E-state index contributed by atoms with van der Waals surface area (Å²) in [5.74, 6) is -0.220.